The van der Waals surface area contributed by atoms with Gasteiger partial charge in [0.05, 0.1) is 22.6 Å². The topological polar surface area (TPSA) is 98.5 Å². The summed E-state index contributed by atoms with van der Waals surface area (Å²) in [5, 5.41) is 13.6. The number of carbonyl (C=O) groups is 2. The summed E-state index contributed by atoms with van der Waals surface area (Å²) in [5.74, 6) is 0.533. The molecule has 4 aliphatic rings. The number of esters is 1. The summed E-state index contributed by atoms with van der Waals surface area (Å²) in [6.45, 7) is 1.19. The van der Waals surface area contributed by atoms with Crippen molar-refractivity contribution in [2.45, 2.75) is 56.2 Å². The second kappa shape index (κ2) is 7.38. The third-order valence-corrected chi connectivity index (χ3v) is 7.70. The molecular formula is C21H25BrN2O5. The van der Waals surface area contributed by atoms with Crippen LogP contribution in [-0.2, 0) is 14.3 Å². The van der Waals surface area contributed by atoms with E-state index in [1.807, 2.05) is 0 Å². The number of carbonyl (C=O) groups excluding carboxylic acids is 2. The Morgan fingerprint density at radius 2 is 1.97 bits per heavy atom. The molecule has 0 aliphatic heterocycles. The van der Waals surface area contributed by atoms with E-state index in [1.165, 1.54) is 31.4 Å². The molecule has 0 heterocycles. The van der Waals surface area contributed by atoms with Crippen molar-refractivity contribution < 1.29 is 19.2 Å². The number of nitrogens with zero attached hydrogens (tertiary/aromatic N) is 1. The number of benzene rings is 1. The summed E-state index contributed by atoms with van der Waals surface area (Å²) in [7, 11) is 0. The van der Waals surface area contributed by atoms with Crippen LogP contribution < -0.4 is 5.32 Å². The Morgan fingerprint density at radius 3 is 2.59 bits per heavy atom. The maximum Gasteiger partial charge on any atom is 0.306 e. The van der Waals surface area contributed by atoms with Gasteiger partial charge in [0, 0.05) is 10.4 Å². The molecule has 4 saturated carbocycles. The Kier molecular flexibility index (Phi) is 5.17. The van der Waals surface area contributed by atoms with E-state index >= 15 is 0 Å². The van der Waals surface area contributed by atoms with Gasteiger partial charge in [0.2, 0.25) is 0 Å². The molecule has 8 heteroatoms. The molecule has 0 spiro atoms. The van der Waals surface area contributed by atoms with Gasteiger partial charge in [-0.2, -0.15) is 0 Å². The minimum Gasteiger partial charge on any atom is -0.456 e. The lowest BCUT2D eigenvalue weighted by molar-refractivity contribution is -0.385. The molecule has 1 aromatic carbocycles. The molecule has 29 heavy (non-hydrogen) atoms. The average molecular weight is 465 g/mol. The van der Waals surface area contributed by atoms with Crippen LogP contribution in [0.25, 0.3) is 0 Å². The molecule has 1 aromatic rings. The molecule has 7 nitrogen and oxygen atoms in total. The lowest BCUT2D eigenvalue weighted by Gasteiger charge is -2.60. The van der Waals surface area contributed by atoms with Crippen molar-refractivity contribution in [2.24, 2.45) is 17.3 Å². The summed E-state index contributed by atoms with van der Waals surface area (Å²) in [5.41, 5.74) is 0.652. The van der Waals surface area contributed by atoms with E-state index in [9.17, 15) is 19.7 Å². The highest BCUT2D eigenvalue weighted by atomic mass is 79.9. The fraction of sp³-hybridized carbons (Fsp3) is 0.619. The molecule has 4 bridgehead atoms. The van der Waals surface area contributed by atoms with Gasteiger partial charge in [0.25, 0.3) is 11.6 Å². The van der Waals surface area contributed by atoms with Gasteiger partial charge in [-0.15, -0.1) is 0 Å². The van der Waals surface area contributed by atoms with Gasteiger partial charge in [-0.3, -0.25) is 19.7 Å². The maximum atomic E-state index is 12.5. The van der Waals surface area contributed by atoms with E-state index in [0.717, 1.165) is 19.3 Å². The first kappa shape index (κ1) is 20.3. The molecule has 1 amide bonds. The summed E-state index contributed by atoms with van der Waals surface area (Å²) < 4.78 is 5.44. The van der Waals surface area contributed by atoms with Crippen molar-refractivity contribution in [1.82, 2.24) is 0 Å². The summed E-state index contributed by atoms with van der Waals surface area (Å²) in [6, 6.07) is 4.48. The van der Waals surface area contributed by atoms with Gasteiger partial charge >= 0.3 is 5.97 Å². The van der Waals surface area contributed by atoms with Gasteiger partial charge in [-0.05, 0) is 68.8 Å². The number of nitro benzene ring substituents is 1. The quantitative estimate of drug-likeness (QED) is 0.289. The third-order valence-electron chi connectivity index (χ3n) is 6.77. The molecule has 1 N–H and O–H groups in total. The van der Waals surface area contributed by atoms with Gasteiger partial charge in [-0.25, -0.2) is 0 Å². The minimum atomic E-state index is -0.496. The monoisotopic (exact) mass is 464 g/mol. The minimum absolute atomic E-state index is 0.00221. The lowest BCUT2D eigenvalue weighted by atomic mass is 9.49. The number of ether oxygens (including phenoxy) is 1. The number of rotatable bonds is 6. The van der Waals surface area contributed by atoms with Crippen molar-refractivity contribution in [3.63, 3.8) is 0 Å². The molecule has 4 aliphatic carbocycles. The second-order valence-corrected chi connectivity index (χ2v) is 10.9. The highest BCUT2D eigenvalue weighted by Gasteiger charge is 2.57. The van der Waals surface area contributed by atoms with Crippen LogP contribution >= 0.6 is 15.9 Å². The summed E-state index contributed by atoms with van der Waals surface area (Å²) in [4.78, 5) is 35.2. The molecule has 0 aromatic heterocycles. The molecular weight excluding hydrogens is 440 g/mol. The first-order chi connectivity index (χ1) is 13.7. The Balaban J connectivity index is 1.32. The number of halogens is 1. The number of nitro groups is 1. The molecule has 5 rings (SSSR count). The van der Waals surface area contributed by atoms with E-state index in [4.69, 9.17) is 4.74 Å². The highest BCUT2D eigenvalue weighted by Crippen LogP contribution is 2.65. The number of hydrogen-bond acceptors (Lipinski definition) is 5. The average Bonchev–Trinajstić information content (AvgIpc) is 2.59. The van der Waals surface area contributed by atoms with E-state index in [1.54, 1.807) is 13.0 Å². The second-order valence-electron chi connectivity index (χ2n) is 9.20. The largest absolute Gasteiger partial charge is 0.456 e. The smallest absolute Gasteiger partial charge is 0.306 e. The fourth-order valence-electron chi connectivity index (χ4n) is 6.19. The Labute approximate surface area is 177 Å². The number of anilines is 1. The van der Waals surface area contributed by atoms with Crippen LogP contribution in [0.2, 0.25) is 0 Å². The van der Waals surface area contributed by atoms with E-state index in [-0.39, 0.29) is 28.0 Å². The fourth-order valence-corrected chi connectivity index (χ4v) is 7.70. The van der Waals surface area contributed by atoms with Crippen LogP contribution in [0.5, 0.6) is 0 Å². The molecule has 4 fully saturated rings. The van der Waals surface area contributed by atoms with Crippen LogP contribution in [0, 0.1) is 34.3 Å². The highest BCUT2D eigenvalue weighted by molar-refractivity contribution is 9.10. The van der Waals surface area contributed by atoms with Crippen molar-refractivity contribution in [3.8, 4) is 0 Å². The van der Waals surface area contributed by atoms with Crippen LogP contribution in [0.1, 0.15) is 50.5 Å². The van der Waals surface area contributed by atoms with Gasteiger partial charge in [-0.1, -0.05) is 22.0 Å². The van der Waals surface area contributed by atoms with E-state index in [2.05, 4.69) is 21.2 Å². The standard InChI is InChI=1S/C21H25BrN2O5/c1-13-16(3-2-4-17(13)24(27)28)23-18(25)11-29-19(26)10-20-6-14-5-15(7-20)9-21(22,8-14)12-20/h2-4,14-15H,5-12H2,1H3,(H,23,25)/t14-,15-,20?,21?/m0/s1. The first-order valence-corrected chi connectivity index (χ1v) is 10.8. The van der Waals surface area contributed by atoms with Crippen LogP contribution in [0.4, 0.5) is 11.4 Å². The summed E-state index contributed by atoms with van der Waals surface area (Å²) >= 11 is 3.94. The number of nitrogens with one attached hydrogen (secondary N) is 1. The molecule has 156 valence electrons. The Bertz CT molecular complexity index is 857. The number of amides is 1. The number of hydrogen-bond donors (Lipinski definition) is 1. The zero-order valence-electron chi connectivity index (χ0n) is 16.4. The maximum absolute atomic E-state index is 12.5. The number of alkyl halides is 1. The molecule has 2 atom stereocenters. The zero-order chi connectivity index (χ0) is 20.8. The lowest BCUT2D eigenvalue weighted by Crippen LogP contribution is -2.53. The Hall–Kier alpha value is -1.96. The Morgan fingerprint density at radius 1 is 1.28 bits per heavy atom. The van der Waals surface area contributed by atoms with Crippen molar-refractivity contribution in [2.75, 3.05) is 11.9 Å². The van der Waals surface area contributed by atoms with Crippen molar-refractivity contribution in [1.29, 1.82) is 0 Å². The van der Waals surface area contributed by atoms with Gasteiger partial charge in [0.1, 0.15) is 0 Å². The predicted molar refractivity (Wildman–Crippen MR) is 111 cm³/mol. The molecule has 0 unspecified atom stereocenters. The van der Waals surface area contributed by atoms with Gasteiger partial charge in [0.15, 0.2) is 6.61 Å². The SMILES string of the molecule is Cc1c(NC(=O)COC(=O)CC23C[C@@H]4C[C@H](CC(Br)(C4)C2)C3)cccc1[N+](=O)[O-]. The molecule has 0 saturated heterocycles. The molecule has 0 radical (unpaired) electrons. The van der Waals surface area contributed by atoms with Crippen LogP contribution in [-0.4, -0.2) is 27.7 Å². The third kappa shape index (κ3) is 4.17. The van der Waals surface area contributed by atoms with Crippen LogP contribution in [0.15, 0.2) is 18.2 Å². The zero-order valence-corrected chi connectivity index (χ0v) is 18.0. The van der Waals surface area contributed by atoms with Crippen molar-refractivity contribution in [3.05, 3.63) is 33.9 Å². The van der Waals surface area contributed by atoms with Gasteiger partial charge < -0.3 is 10.1 Å². The van der Waals surface area contributed by atoms with Crippen molar-refractivity contribution >= 4 is 39.2 Å². The van der Waals surface area contributed by atoms with E-state index < -0.39 is 10.8 Å². The first-order valence-electron chi connectivity index (χ1n) is 10.1. The summed E-state index contributed by atoms with van der Waals surface area (Å²) in [6.07, 6.45) is 7.18. The van der Waals surface area contributed by atoms with Crippen LogP contribution in [0.3, 0.4) is 0 Å². The van der Waals surface area contributed by atoms with E-state index in [0.29, 0.717) is 29.5 Å². The predicted octanol–water partition coefficient (Wildman–Crippen LogP) is 4.51. The normalized spacial score (nSPS) is 32.1.